The maximum atomic E-state index is 13.2. The molecule has 0 unspecified atom stereocenters. The second kappa shape index (κ2) is 9.06. The van der Waals surface area contributed by atoms with Gasteiger partial charge < -0.3 is 14.8 Å². The fraction of sp³-hybridized carbons (Fsp3) is 0.350. The number of hydrogen-bond donors (Lipinski definition) is 1. The standard InChI is InChI=1S/C20H24FNO3/c1-4-24-18-10-9-16(13-19(18)25-5-2)14(3)22-20(23)12-15-7-6-8-17(21)11-15/h6-11,13-14H,4-5,12H2,1-3H3,(H,22,23)/t14-/m1/s1. The van der Waals surface area contributed by atoms with Crippen molar-refractivity contribution in [2.45, 2.75) is 33.2 Å². The molecule has 4 nitrogen and oxygen atoms in total. The van der Waals surface area contributed by atoms with Gasteiger partial charge in [-0.1, -0.05) is 18.2 Å². The number of benzene rings is 2. The van der Waals surface area contributed by atoms with Crippen LogP contribution in [0.15, 0.2) is 42.5 Å². The van der Waals surface area contributed by atoms with Gasteiger partial charge in [-0.25, -0.2) is 4.39 Å². The zero-order valence-electron chi connectivity index (χ0n) is 14.8. The number of nitrogens with one attached hydrogen (secondary N) is 1. The van der Waals surface area contributed by atoms with E-state index in [9.17, 15) is 9.18 Å². The predicted octanol–water partition coefficient (Wildman–Crippen LogP) is 4.04. The highest BCUT2D eigenvalue weighted by atomic mass is 19.1. The van der Waals surface area contributed by atoms with Crippen molar-refractivity contribution in [3.05, 3.63) is 59.4 Å². The fourth-order valence-electron chi connectivity index (χ4n) is 2.55. The Morgan fingerprint density at radius 3 is 2.48 bits per heavy atom. The van der Waals surface area contributed by atoms with Crippen LogP contribution in [0.1, 0.15) is 37.9 Å². The Balaban J connectivity index is 2.05. The van der Waals surface area contributed by atoms with E-state index in [1.54, 1.807) is 12.1 Å². The van der Waals surface area contributed by atoms with E-state index in [2.05, 4.69) is 5.32 Å². The van der Waals surface area contributed by atoms with Crippen molar-refractivity contribution in [3.63, 3.8) is 0 Å². The van der Waals surface area contributed by atoms with E-state index in [0.717, 1.165) is 5.56 Å². The number of amides is 1. The molecule has 1 N–H and O–H groups in total. The summed E-state index contributed by atoms with van der Waals surface area (Å²) in [6, 6.07) is 11.5. The van der Waals surface area contributed by atoms with Crippen LogP contribution in [0.3, 0.4) is 0 Å². The first-order chi connectivity index (χ1) is 12.0. The zero-order valence-corrected chi connectivity index (χ0v) is 14.8. The lowest BCUT2D eigenvalue weighted by Gasteiger charge is -2.17. The summed E-state index contributed by atoms with van der Waals surface area (Å²) >= 11 is 0. The molecule has 0 saturated heterocycles. The lowest BCUT2D eigenvalue weighted by molar-refractivity contribution is -0.121. The molecule has 2 aromatic rings. The van der Waals surface area contributed by atoms with Gasteiger partial charge in [-0.05, 0) is 56.2 Å². The molecule has 2 rings (SSSR count). The van der Waals surface area contributed by atoms with Crippen molar-refractivity contribution in [3.8, 4) is 11.5 Å². The number of carbonyl (C=O) groups is 1. The molecule has 0 aliphatic carbocycles. The highest BCUT2D eigenvalue weighted by Gasteiger charge is 2.14. The van der Waals surface area contributed by atoms with Crippen LogP contribution < -0.4 is 14.8 Å². The van der Waals surface area contributed by atoms with Crippen LogP contribution in [0.2, 0.25) is 0 Å². The topological polar surface area (TPSA) is 47.6 Å². The van der Waals surface area contributed by atoms with Crippen LogP contribution in [0, 0.1) is 5.82 Å². The van der Waals surface area contributed by atoms with Gasteiger partial charge in [-0.15, -0.1) is 0 Å². The molecule has 0 aromatic heterocycles. The molecule has 134 valence electrons. The Morgan fingerprint density at radius 2 is 1.80 bits per heavy atom. The van der Waals surface area contributed by atoms with E-state index >= 15 is 0 Å². The van der Waals surface area contributed by atoms with Gasteiger partial charge in [0.25, 0.3) is 0 Å². The molecular formula is C20H24FNO3. The highest BCUT2D eigenvalue weighted by molar-refractivity contribution is 5.79. The molecule has 0 spiro atoms. The molecular weight excluding hydrogens is 321 g/mol. The van der Waals surface area contributed by atoms with Gasteiger partial charge in [0.05, 0.1) is 25.7 Å². The lowest BCUT2D eigenvalue weighted by atomic mass is 10.1. The monoisotopic (exact) mass is 345 g/mol. The van der Waals surface area contributed by atoms with Gasteiger partial charge in [0.2, 0.25) is 5.91 Å². The van der Waals surface area contributed by atoms with Gasteiger partial charge in [0, 0.05) is 0 Å². The van der Waals surface area contributed by atoms with Gasteiger partial charge in [0.1, 0.15) is 5.82 Å². The number of halogens is 1. The van der Waals surface area contributed by atoms with Gasteiger partial charge >= 0.3 is 0 Å². The van der Waals surface area contributed by atoms with Crippen LogP contribution in [0.25, 0.3) is 0 Å². The Kier molecular flexibility index (Phi) is 6.81. The van der Waals surface area contributed by atoms with E-state index in [-0.39, 0.29) is 24.2 Å². The molecule has 5 heteroatoms. The maximum Gasteiger partial charge on any atom is 0.224 e. The van der Waals surface area contributed by atoms with E-state index in [1.807, 2.05) is 39.0 Å². The second-order valence-corrected chi connectivity index (χ2v) is 5.67. The minimum absolute atomic E-state index is 0.136. The van der Waals surface area contributed by atoms with Crippen molar-refractivity contribution in [1.29, 1.82) is 0 Å². The third-order valence-electron chi connectivity index (χ3n) is 3.70. The molecule has 1 amide bonds. The van der Waals surface area contributed by atoms with E-state index in [4.69, 9.17) is 9.47 Å². The Bertz CT molecular complexity index is 718. The van der Waals surface area contributed by atoms with Crippen molar-refractivity contribution in [2.75, 3.05) is 13.2 Å². The number of ether oxygens (including phenoxy) is 2. The first-order valence-corrected chi connectivity index (χ1v) is 8.46. The predicted molar refractivity (Wildman–Crippen MR) is 95.4 cm³/mol. The molecule has 0 aliphatic rings. The summed E-state index contributed by atoms with van der Waals surface area (Å²) in [4.78, 5) is 12.2. The maximum absolute atomic E-state index is 13.2. The van der Waals surface area contributed by atoms with Crippen molar-refractivity contribution in [2.24, 2.45) is 0 Å². The Hall–Kier alpha value is -2.56. The normalized spacial score (nSPS) is 11.7. The van der Waals surface area contributed by atoms with E-state index in [1.165, 1.54) is 12.1 Å². The lowest BCUT2D eigenvalue weighted by Crippen LogP contribution is -2.28. The van der Waals surface area contributed by atoms with Gasteiger partial charge in [0.15, 0.2) is 11.5 Å². The Morgan fingerprint density at radius 1 is 1.08 bits per heavy atom. The van der Waals surface area contributed by atoms with Crippen LogP contribution in [0.4, 0.5) is 4.39 Å². The smallest absolute Gasteiger partial charge is 0.224 e. The minimum Gasteiger partial charge on any atom is -0.490 e. The van der Waals surface area contributed by atoms with Crippen molar-refractivity contribution in [1.82, 2.24) is 5.32 Å². The Labute approximate surface area is 148 Å². The molecule has 0 fully saturated rings. The fourth-order valence-corrected chi connectivity index (χ4v) is 2.55. The molecule has 0 radical (unpaired) electrons. The molecule has 0 heterocycles. The number of carbonyl (C=O) groups excluding carboxylic acids is 1. The zero-order chi connectivity index (χ0) is 18.2. The molecule has 0 bridgehead atoms. The number of hydrogen-bond acceptors (Lipinski definition) is 3. The summed E-state index contributed by atoms with van der Waals surface area (Å²) in [5.74, 6) is 0.843. The SMILES string of the molecule is CCOc1ccc([C@@H](C)NC(=O)Cc2cccc(F)c2)cc1OCC. The quantitative estimate of drug-likeness (QED) is 0.785. The van der Waals surface area contributed by atoms with E-state index < -0.39 is 0 Å². The summed E-state index contributed by atoms with van der Waals surface area (Å²) in [5.41, 5.74) is 1.56. The number of rotatable bonds is 8. The van der Waals surface area contributed by atoms with Crippen LogP contribution >= 0.6 is 0 Å². The highest BCUT2D eigenvalue weighted by Crippen LogP contribution is 2.30. The van der Waals surface area contributed by atoms with Crippen molar-refractivity contribution < 1.29 is 18.7 Å². The van der Waals surface area contributed by atoms with Crippen LogP contribution in [-0.2, 0) is 11.2 Å². The average molecular weight is 345 g/mol. The van der Waals surface area contributed by atoms with Gasteiger partial charge in [-0.2, -0.15) is 0 Å². The van der Waals surface area contributed by atoms with Crippen LogP contribution in [0.5, 0.6) is 11.5 Å². The minimum atomic E-state index is -0.341. The summed E-state index contributed by atoms with van der Waals surface area (Å²) in [7, 11) is 0. The molecule has 2 aromatic carbocycles. The third-order valence-corrected chi connectivity index (χ3v) is 3.70. The first kappa shape index (κ1) is 18.8. The van der Waals surface area contributed by atoms with Crippen molar-refractivity contribution >= 4 is 5.91 Å². The molecule has 25 heavy (non-hydrogen) atoms. The van der Waals surface area contributed by atoms with E-state index in [0.29, 0.717) is 30.3 Å². The van der Waals surface area contributed by atoms with Crippen LogP contribution in [-0.4, -0.2) is 19.1 Å². The summed E-state index contributed by atoms with van der Waals surface area (Å²) in [6.07, 6.45) is 0.136. The van der Waals surface area contributed by atoms with Gasteiger partial charge in [-0.3, -0.25) is 4.79 Å². The summed E-state index contributed by atoms with van der Waals surface area (Å²) in [6.45, 7) is 6.81. The largest absolute Gasteiger partial charge is 0.490 e. The molecule has 1 atom stereocenters. The summed E-state index contributed by atoms with van der Waals surface area (Å²) in [5, 5.41) is 2.93. The second-order valence-electron chi connectivity index (χ2n) is 5.67. The summed E-state index contributed by atoms with van der Waals surface area (Å²) < 4.78 is 24.4. The molecule has 0 aliphatic heterocycles. The first-order valence-electron chi connectivity index (χ1n) is 8.46. The third kappa shape index (κ3) is 5.48. The average Bonchev–Trinajstić information content (AvgIpc) is 2.56. The molecule has 0 saturated carbocycles.